The van der Waals surface area contributed by atoms with E-state index < -0.39 is 18.5 Å². The van der Waals surface area contributed by atoms with Gasteiger partial charge in [0.05, 0.1) is 17.2 Å². The highest BCUT2D eigenvalue weighted by molar-refractivity contribution is 6.30. The Morgan fingerprint density at radius 1 is 1.11 bits per heavy atom. The van der Waals surface area contributed by atoms with Crippen LogP contribution in [0, 0.1) is 0 Å². The SMILES string of the molecule is O=C(COC(=O)Cn1cnc2ccccc2c1=O)NCc1ccc(Cl)cc1. The number of hydrogen-bond donors (Lipinski definition) is 1. The average Bonchev–Trinajstić information content (AvgIpc) is 2.68. The number of halogens is 1. The van der Waals surface area contributed by atoms with Crippen molar-refractivity contribution in [1.82, 2.24) is 14.9 Å². The number of carbonyl (C=O) groups is 2. The van der Waals surface area contributed by atoms with Crippen molar-refractivity contribution in [3.63, 3.8) is 0 Å². The molecule has 1 N–H and O–H groups in total. The number of para-hydroxylation sites is 1. The molecule has 0 aliphatic heterocycles. The maximum absolute atomic E-state index is 12.3. The van der Waals surface area contributed by atoms with Crippen molar-refractivity contribution in [2.45, 2.75) is 13.1 Å². The molecule has 8 heteroatoms. The minimum absolute atomic E-state index is 0.293. The van der Waals surface area contributed by atoms with Crippen LogP contribution in [0.25, 0.3) is 10.9 Å². The van der Waals surface area contributed by atoms with Gasteiger partial charge < -0.3 is 10.1 Å². The minimum atomic E-state index is -0.698. The number of amides is 1. The van der Waals surface area contributed by atoms with Crippen LogP contribution in [0.15, 0.2) is 59.7 Å². The van der Waals surface area contributed by atoms with Crippen LogP contribution in [0.3, 0.4) is 0 Å². The molecule has 0 bridgehead atoms. The van der Waals surface area contributed by atoms with E-state index >= 15 is 0 Å². The first-order chi connectivity index (χ1) is 13.0. The number of benzene rings is 2. The van der Waals surface area contributed by atoms with Gasteiger partial charge in [0, 0.05) is 11.6 Å². The Labute approximate surface area is 159 Å². The predicted octanol–water partition coefficient (Wildman–Crippen LogP) is 1.91. The highest BCUT2D eigenvalue weighted by atomic mass is 35.5. The van der Waals surface area contributed by atoms with Crippen LogP contribution >= 0.6 is 11.6 Å². The van der Waals surface area contributed by atoms with Gasteiger partial charge in [0.1, 0.15) is 6.54 Å². The largest absolute Gasteiger partial charge is 0.454 e. The zero-order valence-electron chi connectivity index (χ0n) is 14.2. The summed E-state index contributed by atoms with van der Waals surface area (Å²) in [6, 6.07) is 13.9. The van der Waals surface area contributed by atoms with Crippen molar-refractivity contribution >= 4 is 34.4 Å². The molecule has 138 valence electrons. The van der Waals surface area contributed by atoms with Crippen LogP contribution in [0.1, 0.15) is 5.56 Å². The molecule has 0 aliphatic rings. The van der Waals surface area contributed by atoms with Gasteiger partial charge >= 0.3 is 5.97 Å². The molecule has 1 heterocycles. The highest BCUT2D eigenvalue weighted by Crippen LogP contribution is 2.09. The van der Waals surface area contributed by atoms with Crippen LogP contribution in [-0.2, 0) is 27.4 Å². The van der Waals surface area contributed by atoms with Crippen LogP contribution in [0.4, 0.5) is 0 Å². The van der Waals surface area contributed by atoms with E-state index in [0.29, 0.717) is 22.5 Å². The fourth-order valence-electron chi connectivity index (χ4n) is 2.40. The van der Waals surface area contributed by atoms with Crippen molar-refractivity contribution in [3.05, 3.63) is 75.8 Å². The standard InChI is InChI=1S/C19H16ClN3O4/c20-14-7-5-13(6-8-14)9-21-17(24)11-27-18(25)10-23-12-22-16-4-2-1-3-15(16)19(23)26/h1-8,12H,9-11H2,(H,21,24). The van der Waals surface area contributed by atoms with E-state index in [2.05, 4.69) is 10.3 Å². The number of ether oxygens (including phenoxy) is 1. The first-order valence-corrected chi connectivity index (χ1v) is 8.51. The summed E-state index contributed by atoms with van der Waals surface area (Å²) in [5, 5.41) is 3.65. The second-order valence-corrected chi connectivity index (χ2v) is 6.20. The van der Waals surface area contributed by atoms with Gasteiger partial charge in [-0.05, 0) is 29.8 Å². The smallest absolute Gasteiger partial charge is 0.326 e. The normalized spacial score (nSPS) is 10.6. The Morgan fingerprint density at radius 2 is 1.85 bits per heavy atom. The lowest BCUT2D eigenvalue weighted by molar-refractivity contribution is -0.149. The summed E-state index contributed by atoms with van der Waals surface area (Å²) >= 11 is 5.80. The number of aromatic nitrogens is 2. The van der Waals surface area contributed by atoms with Crippen LogP contribution in [0.2, 0.25) is 5.02 Å². The van der Waals surface area contributed by atoms with E-state index in [9.17, 15) is 14.4 Å². The van der Waals surface area contributed by atoms with Gasteiger partial charge in [-0.3, -0.25) is 19.0 Å². The third-order valence-corrected chi connectivity index (χ3v) is 4.05. The first-order valence-electron chi connectivity index (χ1n) is 8.14. The molecular weight excluding hydrogens is 370 g/mol. The summed E-state index contributed by atoms with van der Waals surface area (Å²) in [6.07, 6.45) is 1.28. The zero-order valence-corrected chi connectivity index (χ0v) is 15.0. The first kappa shape index (κ1) is 18.6. The Hall–Kier alpha value is -3.19. The summed E-state index contributed by atoms with van der Waals surface area (Å²) in [7, 11) is 0. The molecule has 7 nitrogen and oxygen atoms in total. The molecule has 2 aromatic carbocycles. The maximum atomic E-state index is 12.3. The minimum Gasteiger partial charge on any atom is -0.454 e. The molecule has 0 saturated carbocycles. The molecule has 0 fully saturated rings. The second-order valence-electron chi connectivity index (χ2n) is 5.76. The molecule has 27 heavy (non-hydrogen) atoms. The molecular formula is C19H16ClN3O4. The number of rotatable bonds is 6. The van der Waals surface area contributed by atoms with Gasteiger partial charge in [0.15, 0.2) is 6.61 Å². The molecule has 0 atom stereocenters. The number of nitrogens with zero attached hydrogens (tertiary/aromatic N) is 2. The van der Waals surface area contributed by atoms with E-state index in [1.807, 2.05) is 0 Å². The lowest BCUT2D eigenvalue weighted by Gasteiger charge is -2.08. The zero-order chi connectivity index (χ0) is 19.2. The lowest BCUT2D eigenvalue weighted by atomic mass is 10.2. The number of carbonyl (C=O) groups excluding carboxylic acids is 2. The third kappa shape index (κ3) is 4.92. The molecule has 3 aromatic rings. The fourth-order valence-corrected chi connectivity index (χ4v) is 2.53. The number of nitrogens with one attached hydrogen (secondary N) is 1. The Morgan fingerprint density at radius 3 is 2.63 bits per heavy atom. The molecule has 0 saturated heterocycles. The molecule has 0 spiro atoms. The number of hydrogen-bond acceptors (Lipinski definition) is 5. The van der Waals surface area contributed by atoms with Crippen LogP contribution in [0.5, 0.6) is 0 Å². The van der Waals surface area contributed by atoms with Gasteiger partial charge in [-0.15, -0.1) is 0 Å². The quantitative estimate of drug-likeness (QED) is 0.654. The van der Waals surface area contributed by atoms with Gasteiger partial charge in [0.2, 0.25) is 0 Å². The van der Waals surface area contributed by atoms with E-state index in [1.54, 1.807) is 48.5 Å². The topological polar surface area (TPSA) is 90.3 Å². The van der Waals surface area contributed by atoms with Crippen LogP contribution in [-0.4, -0.2) is 28.0 Å². The Balaban J connectivity index is 1.51. The molecule has 0 radical (unpaired) electrons. The summed E-state index contributed by atoms with van der Waals surface area (Å²) in [5.74, 6) is -1.14. The third-order valence-electron chi connectivity index (χ3n) is 3.80. The van der Waals surface area contributed by atoms with Crippen molar-refractivity contribution in [3.8, 4) is 0 Å². The molecule has 3 rings (SSSR count). The summed E-state index contributed by atoms with van der Waals surface area (Å²) in [4.78, 5) is 40.1. The van der Waals surface area contributed by atoms with Crippen molar-refractivity contribution in [1.29, 1.82) is 0 Å². The predicted molar refractivity (Wildman–Crippen MR) is 100 cm³/mol. The van der Waals surface area contributed by atoms with E-state index in [0.717, 1.165) is 10.1 Å². The van der Waals surface area contributed by atoms with Gasteiger partial charge in [-0.2, -0.15) is 0 Å². The summed E-state index contributed by atoms with van der Waals surface area (Å²) in [5.41, 5.74) is 1.08. The Bertz CT molecular complexity index is 1030. The second kappa shape index (κ2) is 8.46. The van der Waals surface area contributed by atoms with E-state index in [-0.39, 0.29) is 12.1 Å². The van der Waals surface area contributed by atoms with E-state index in [1.165, 1.54) is 6.33 Å². The van der Waals surface area contributed by atoms with Crippen LogP contribution < -0.4 is 10.9 Å². The molecule has 0 aliphatic carbocycles. The van der Waals surface area contributed by atoms with Gasteiger partial charge in [0.25, 0.3) is 11.5 Å². The molecule has 1 amide bonds. The summed E-state index contributed by atoms with van der Waals surface area (Å²) < 4.78 is 6.07. The number of esters is 1. The lowest BCUT2D eigenvalue weighted by Crippen LogP contribution is -2.31. The fraction of sp³-hybridized carbons (Fsp3) is 0.158. The van der Waals surface area contributed by atoms with Crippen molar-refractivity contribution < 1.29 is 14.3 Å². The molecule has 1 aromatic heterocycles. The van der Waals surface area contributed by atoms with Gasteiger partial charge in [-0.1, -0.05) is 35.9 Å². The van der Waals surface area contributed by atoms with Crippen molar-refractivity contribution in [2.75, 3.05) is 6.61 Å². The number of fused-ring (bicyclic) bond motifs is 1. The maximum Gasteiger partial charge on any atom is 0.326 e. The summed E-state index contributed by atoms with van der Waals surface area (Å²) in [6.45, 7) is -0.453. The van der Waals surface area contributed by atoms with Gasteiger partial charge in [-0.25, -0.2) is 4.98 Å². The van der Waals surface area contributed by atoms with E-state index in [4.69, 9.17) is 16.3 Å². The highest BCUT2D eigenvalue weighted by Gasteiger charge is 2.11. The molecule has 0 unspecified atom stereocenters. The monoisotopic (exact) mass is 385 g/mol. The average molecular weight is 386 g/mol. The van der Waals surface area contributed by atoms with Crippen molar-refractivity contribution in [2.24, 2.45) is 0 Å². The Kier molecular flexibility index (Phi) is 5.83.